The van der Waals surface area contributed by atoms with Crippen molar-refractivity contribution in [1.29, 1.82) is 0 Å². The van der Waals surface area contributed by atoms with E-state index in [9.17, 15) is 18.0 Å². The molecule has 1 aliphatic rings. The standard InChI is InChI=1S/C26H28N2O6S/c1-19-17-28(21-8-10-23(11-9-21)35(2,31)32)25(29)16-24(19)34-22-12-14-27(15-13-22)26(30)33-18-20-6-4-3-5-7-20/h3-11,16-17,22H,12-15,18H2,1-2H3. The van der Waals surface area contributed by atoms with Gasteiger partial charge >= 0.3 is 6.09 Å². The molecule has 1 saturated heterocycles. The van der Waals surface area contributed by atoms with Crippen LogP contribution in [0, 0.1) is 6.92 Å². The molecule has 0 bridgehead atoms. The van der Waals surface area contributed by atoms with Gasteiger partial charge in [0.2, 0.25) is 0 Å². The molecule has 184 valence electrons. The number of piperidine rings is 1. The average molecular weight is 497 g/mol. The zero-order valence-corrected chi connectivity index (χ0v) is 20.5. The first-order valence-corrected chi connectivity index (χ1v) is 13.3. The highest BCUT2D eigenvalue weighted by Crippen LogP contribution is 2.23. The summed E-state index contributed by atoms with van der Waals surface area (Å²) in [6.45, 7) is 3.12. The second kappa shape index (κ2) is 10.4. The number of pyridine rings is 1. The van der Waals surface area contributed by atoms with Gasteiger partial charge in [-0.2, -0.15) is 0 Å². The minimum absolute atomic E-state index is 0.115. The molecule has 2 heterocycles. The summed E-state index contributed by atoms with van der Waals surface area (Å²) in [6.07, 6.45) is 3.64. The normalized spacial score (nSPS) is 14.5. The first-order valence-electron chi connectivity index (χ1n) is 11.4. The van der Waals surface area contributed by atoms with Crippen molar-refractivity contribution in [3.63, 3.8) is 0 Å². The molecule has 35 heavy (non-hydrogen) atoms. The maximum atomic E-state index is 12.7. The fraction of sp³-hybridized carbons (Fsp3) is 0.308. The summed E-state index contributed by atoms with van der Waals surface area (Å²) in [4.78, 5) is 27.0. The molecule has 4 rings (SSSR count). The predicted molar refractivity (Wildman–Crippen MR) is 132 cm³/mol. The summed E-state index contributed by atoms with van der Waals surface area (Å²) in [5.74, 6) is 0.504. The zero-order chi connectivity index (χ0) is 25.0. The lowest BCUT2D eigenvalue weighted by Gasteiger charge is -2.31. The van der Waals surface area contributed by atoms with E-state index in [4.69, 9.17) is 9.47 Å². The van der Waals surface area contributed by atoms with E-state index >= 15 is 0 Å². The van der Waals surface area contributed by atoms with Gasteiger partial charge in [-0.05, 0) is 36.8 Å². The van der Waals surface area contributed by atoms with E-state index in [0.29, 0.717) is 37.4 Å². The minimum Gasteiger partial charge on any atom is -0.490 e. The summed E-state index contributed by atoms with van der Waals surface area (Å²) in [7, 11) is -3.31. The molecule has 0 saturated carbocycles. The number of amides is 1. The van der Waals surface area contributed by atoms with Crippen LogP contribution in [0.2, 0.25) is 0 Å². The van der Waals surface area contributed by atoms with E-state index in [2.05, 4.69) is 0 Å². The van der Waals surface area contributed by atoms with Gasteiger partial charge in [0.05, 0.1) is 4.90 Å². The Hall–Kier alpha value is -3.59. The van der Waals surface area contributed by atoms with E-state index in [-0.39, 0.29) is 29.3 Å². The number of likely N-dealkylation sites (tertiary alicyclic amines) is 1. The molecule has 1 aromatic heterocycles. The van der Waals surface area contributed by atoms with Gasteiger partial charge in [0.15, 0.2) is 9.84 Å². The van der Waals surface area contributed by atoms with Crippen molar-refractivity contribution in [2.24, 2.45) is 0 Å². The van der Waals surface area contributed by atoms with Crippen LogP contribution in [0.1, 0.15) is 24.0 Å². The number of nitrogens with zero attached hydrogens (tertiary/aromatic N) is 2. The van der Waals surface area contributed by atoms with E-state index in [1.165, 1.54) is 22.8 Å². The molecule has 9 heteroatoms. The van der Waals surface area contributed by atoms with Crippen molar-refractivity contribution in [3.8, 4) is 11.4 Å². The maximum Gasteiger partial charge on any atom is 0.410 e. The Balaban J connectivity index is 1.35. The number of hydrogen-bond donors (Lipinski definition) is 0. The molecular formula is C26H28N2O6S. The number of aryl methyl sites for hydroxylation is 1. The molecule has 0 unspecified atom stereocenters. The highest BCUT2D eigenvalue weighted by Gasteiger charge is 2.25. The molecule has 1 fully saturated rings. The number of carbonyl (C=O) groups is 1. The van der Waals surface area contributed by atoms with Gasteiger partial charge < -0.3 is 14.4 Å². The Labute approximate surface area is 204 Å². The fourth-order valence-corrected chi connectivity index (χ4v) is 4.58. The van der Waals surface area contributed by atoms with Crippen molar-refractivity contribution in [1.82, 2.24) is 9.47 Å². The zero-order valence-electron chi connectivity index (χ0n) is 19.7. The smallest absolute Gasteiger partial charge is 0.410 e. The van der Waals surface area contributed by atoms with Crippen LogP contribution in [-0.2, 0) is 21.2 Å². The van der Waals surface area contributed by atoms with Crippen molar-refractivity contribution in [2.75, 3.05) is 19.3 Å². The Morgan fingerprint density at radius 3 is 2.31 bits per heavy atom. The number of benzene rings is 2. The van der Waals surface area contributed by atoms with Crippen molar-refractivity contribution in [2.45, 2.75) is 37.4 Å². The van der Waals surface area contributed by atoms with E-state index in [1.807, 2.05) is 37.3 Å². The van der Waals surface area contributed by atoms with E-state index in [1.54, 1.807) is 23.2 Å². The monoisotopic (exact) mass is 496 g/mol. The van der Waals surface area contributed by atoms with Gasteiger partial charge in [0, 0.05) is 55.7 Å². The van der Waals surface area contributed by atoms with Crippen molar-refractivity contribution in [3.05, 3.63) is 88.3 Å². The second-order valence-electron chi connectivity index (χ2n) is 8.64. The number of ether oxygens (including phenoxy) is 2. The molecule has 1 aliphatic heterocycles. The molecule has 2 aromatic carbocycles. The number of aromatic nitrogens is 1. The fourth-order valence-electron chi connectivity index (χ4n) is 3.95. The highest BCUT2D eigenvalue weighted by molar-refractivity contribution is 7.90. The van der Waals surface area contributed by atoms with Crippen LogP contribution in [0.15, 0.2) is 76.6 Å². The summed E-state index contributed by atoms with van der Waals surface area (Å²) in [5, 5.41) is 0. The molecule has 0 spiro atoms. The van der Waals surface area contributed by atoms with Gasteiger partial charge in [0.1, 0.15) is 18.5 Å². The Bertz CT molecular complexity index is 1340. The lowest BCUT2D eigenvalue weighted by atomic mass is 10.1. The van der Waals surface area contributed by atoms with Crippen LogP contribution in [0.25, 0.3) is 5.69 Å². The van der Waals surface area contributed by atoms with Gasteiger partial charge in [-0.3, -0.25) is 9.36 Å². The number of carbonyl (C=O) groups excluding carboxylic acids is 1. The SMILES string of the molecule is Cc1cn(-c2ccc(S(C)(=O)=O)cc2)c(=O)cc1OC1CCN(C(=O)OCc2ccccc2)CC1. The minimum atomic E-state index is -3.31. The first kappa shape index (κ1) is 24.5. The molecule has 0 N–H and O–H groups in total. The lowest BCUT2D eigenvalue weighted by molar-refractivity contribution is 0.0635. The topological polar surface area (TPSA) is 94.9 Å². The van der Waals surface area contributed by atoms with Crippen molar-refractivity contribution >= 4 is 15.9 Å². The lowest BCUT2D eigenvalue weighted by Crippen LogP contribution is -2.42. The largest absolute Gasteiger partial charge is 0.490 e. The van der Waals surface area contributed by atoms with Crippen LogP contribution >= 0.6 is 0 Å². The summed E-state index contributed by atoms with van der Waals surface area (Å²) >= 11 is 0. The van der Waals surface area contributed by atoms with Crippen LogP contribution in [0.4, 0.5) is 4.79 Å². The Morgan fingerprint density at radius 1 is 1.03 bits per heavy atom. The van der Waals surface area contributed by atoms with E-state index in [0.717, 1.165) is 17.4 Å². The molecular weight excluding hydrogens is 468 g/mol. The number of sulfone groups is 1. The average Bonchev–Trinajstić information content (AvgIpc) is 2.85. The third-order valence-electron chi connectivity index (χ3n) is 5.95. The predicted octanol–water partition coefficient (Wildman–Crippen LogP) is 3.73. The number of rotatable bonds is 6. The Kier molecular flexibility index (Phi) is 7.25. The molecule has 3 aromatic rings. The third-order valence-corrected chi connectivity index (χ3v) is 7.07. The van der Waals surface area contributed by atoms with Gasteiger partial charge in [-0.25, -0.2) is 13.2 Å². The first-order chi connectivity index (χ1) is 16.7. The molecule has 0 aliphatic carbocycles. The third kappa shape index (κ3) is 6.10. The maximum absolute atomic E-state index is 12.7. The van der Waals surface area contributed by atoms with Crippen molar-refractivity contribution < 1.29 is 22.7 Å². The molecule has 0 radical (unpaired) electrons. The van der Waals surface area contributed by atoms with Crippen LogP contribution in [-0.4, -0.2) is 49.4 Å². The van der Waals surface area contributed by atoms with Gasteiger partial charge in [-0.15, -0.1) is 0 Å². The molecule has 8 nitrogen and oxygen atoms in total. The quantitative estimate of drug-likeness (QED) is 0.516. The molecule has 1 amide bonds. The van der Waals surface area contributed by atoms with Gasteiger partial charge in [0.25, 0.3) is 5.56 Å². The summed E-state index contributed by atoms with van der Waals surface area (Å²) in [5.41, 5.74) is 2.01. The highest BCUT2D eigenvalue weighted by atomic mass is 32.2. The summed E-state index contributed by atoms with van der Waals surface area (Å²) in [6, 6.07) is 17.2. The number of hydrogen-bond acceptors (Lipinski definition) is 6. The Morgan fingerprint density at radius 2 is 1.69 bits per heavy atom. The van der Waals surface area contributed by atoms with Crippen LogP contribution in [0.5, 0.6) is 5.75 Å². The van der Waals surface area contributed by atoms with Gasteiger partial charge in [-0.1, -0.05) is 30.3 Å². The summed E-state index contributed by atoms with van der Waals surface area (Å²) < 4.78 is 36.3. The second-order valence-corrected chi connectivity index (χ2v) is 10.7. The van der Waals surface area contributed by atoms with Crippen LogP contribution in [0.3, 0.4) is 0 Å². The van der Waals surface area contributed by atoms with Crippen LogP contribution < -0.4 is 10.3 Å². The molecule has 0 atom stereocenters. The van der Waals surface area contributed by atoms with E-state index < -0.39 is 9.84 Å².